The molecule has 1 N–H and O–H groups in total. The van der Waals surface area contributed by atoms with Crippen LogP contribution in [0.2, 0.25) is 0 Å². The zero-order valence-corrected chi connectivity index (χ0v) is 6.27. The Morgan fingerprint density at radius 1 is 1.50 bits per heavy atom. The number of rotatable bonds is 2. The average molecular weight is 156 g/mol. The van der Waals surface area contributed by atoms with Crippen LogP contribution in [0, 0.1) is 0 Å². The van der Waals surface area contributed by atoms with Crippen LogP contribution in [0.25, 0.3) is 0 Å². The molecule has 1 aliphatic rings. The Morgan fingerprint density at radius 3 is 2.80 bits per heavy atom. The quantitative estimate of drug-likeness (QED) is 0.692. The van der Waals surface area contributed by atoms with Crippen molar-refractivity contribution in [2.45, 2.75) is 25.4 Å². The number of hydrogen-bond acceptors (Lipinski definition) is 4. The molecule has 1 aliphatic carbocycles. The van der Waals surface area contributed by atoms with E-state index in [1.54, 1.807) is 0 Å². The molecular formula is C6H8N2OS. The van der Waals surface area contributed by atoms with E-state index < -0.39 is 0 Å². The van der Waals surface area contributed by atoms with Crippen molar-refractivity contribution in [3.05, 3.63) is 10.0 Å². The largest absolute Gasteiger partial charge is 0.389 e. The highest BCUT2D eigenvalue weighted by atomic mass is 32.1. The monoisotopic (exact) mass is 156 g/mol. The first-order chi connectivity index (χ1) is 4.90. The Kier molecular flexibility index (Phi) is 1.43. The third-order valence-electron chi connectivity index (χ3n) is 1.54. The molecule has 0 radical (unpaired) electrons. The third kappa shape index (κ3) is 1.04. The second-order valence-electron chi connectivity index (χ2n) is 2.47. The van der Waals surface area contributed by atoms with E-state index in [0.717, 1.165) is 10.0 Å². The van der Waals surface area contributed by atoms with Crippen LogP contribution in [0.15, 0.2) is 0 Å². The number of aliphatic hydroxyl groups is 1. The standard InChI is InChI=1S/C6H8N2OS/c9-3-5-7-8-6(10-5)4-1-2-4/h4,9H,1-3H2. The van der Waals surface area contributed by atoms with E-state index in [9.17, 15) is 0 Å². The minimum atomic E-state index is 0.0321. The minimum Gasteiger partial charge on any atom is -0.389 e. The van der Waals surface area contributed by atoms with Gasteiger partial charge in [-0.2, -0.15) is 0 Å². The maximum atomic E-state index is 8.66. The topological polar surface area (TPSA) is 46.0 Å². The fraction of sp³-hybridized carbons (Fsp3) is 0.667. The normalized spacial score (nSPS) is 17.7. The minimum absolute atomic E-state index is 0.0321. The van der Waals surface area contributed by atoms with E-state index in [1.165, 1.54) is 24.2 Å². The summed E-state index contributed by atoms with van der Waals surface area (Å²) in [5.74, 6) is 0.665. The Hall–Kier alpha value is -0.480. The van der Waals surface area contributed by atoms with Crippen molar-refractivity contribution in [1.29, 1.82) is 0 Å². The van der Waals surface area contributed by atoms with Gasteiger partial charge in [-0.25, -0.2) is 0 Å². The van der Waals surface area contributed by atoms with Gasteiger partial charge in [0.05, 0.1) is 6.61 Å². The lowest BCUT2D eigenvalue weighted by atomic mass is 10.5. The van der Waals surface area contributed by atoms with Gasteiger partial charge in [0.15, 0.2) is 0 Å². The van der Waals surface area contributed by atoms with Gasteiger partial charge in [0.25, 0.3) is 0 Å². The van der Waals surface area contributed by atoms with Crippen LogP contribution < -0.4 is 0 Å². The van der Waals surface area contributed by atoms with Gasteiger partial charge in [-0.3, -0.25) is 0 Å². The van der Waals surface area contributed by atoms with Gasteiger partial charge in [-0.05, 0) is 12.8 Å². The average Bonchev–Trinajstić information content (AvgIpc) is 2.70. The Morgan fingerprint density at radius 2 is 2.30 bits per heavy atom. The van der Waals surface area contributed by atoms with E-state index in [4.69, 9.17) is 5.11 Å². The summed E-state index contributed by atoms with van der Waals surface area (Å²) in [5, 5.41) is 18.3. The van der Waals surface area contributed by atoms with Crippen molar-refractivity contribution in [2.24, 2.45) is 0 Å². The molecule has 0 amide bonds. The fourth-order valence-corrected chi connectivity index (χ4v) is 1.70. The van der Waals surface area contributed by atoms with E-state index in [2.05, 4.69) is 10.2 Å². The molecule has 0 bridgehead atoms. The van der Waals surface area contributed by atoms with Crippen LogP contribution in [0.5, 0.6) is 0 Å². The molecule has 1 saturated carbocycles. The summed E-state index contributed by atoms with van der Waals surface area (Å²) in [6.45, 7) is 0.0321. The lowest BCUT2D eigenvalue weighted by Crippen LogP contribution is -1.79. The molecule has 54 valence electrons. The molecule has 1 aromatic heterocycles. The van der Waals surface area contributed by atoms with Crippen molar-refractivity contribution in [3.8, 4) is 0 Å². The molecule has 1 heterocycles. The zero-order valence-electron chi connectivity index (χ0n) is 5.45. The smallest absolute Gasteiger partial charge is 0.143 e. The Bertz CT molecular complexity index is 231. The molecule has 0 spiro atoms. The summed E-state index contributed by atoms with van der Waals surface area (Å²) in [6, 6.07) is 0. The number of nitrogens with zero attached hydrogens (tertiary/aromatic N) is 2. The molecule has 4 heteroatoms. The Labute approximate surface area is 62.7 Å². The summed E-state index contributed by atoms with van der Waals surface area (Å²) in [4.78, 5) is 0. The van der Waals surface area contributed by atoms with Gasteiger partial charge >= 0.3 is 0 Å². The van der Waals surface area contributed by atoms with E-state index in [0.29, 0.717) is 5.92 Å². The van der Waals surface area contributed by atoms with Gasteiger partial charge in [0.2, 0.25) is 0 Å². The summed E-state index contributed by atoms with van der Waals surface area (Å²) in [7, 11) is 0. The maximum Gasteiger partial charge on any atom is 0.143 e. The first-order valence-electron chi connectivity index (χ1n) is 3.33. The fourth-order valence-electron chi connectivity index (χ4n) is 0.826. The summed E-state index contributed by atoms with van der Waals surface area (Å²) < 4.78 is 0. The number of aromatic nitrogens is 2. The summed E-state index contributed by atoms with van der Waals surface area (Å²) in [6.07, 6.45) is 2.50. The molecule has 1 fully saturated rings. The van der Waals surface area contributed by atoms with Crippen LogP contribution in [0.4, 0.5) is 0 Å². The third-order valence-corrected chi connectivity index (χ3v) is 2.61. The molecule has 0 unspecified atom stereocenters. The second-order valence-corrected chi connectivity index (χ2v) is 3.56. The molecule has 0 atom stereocenters. The van der Waals surface area contributed by atoms with Crippen LogP contribution in [-0.2, 0) is 6.61 Å². The van der Waals surface area contributed by atoms with Gasteiger partial charge in [0, 0.05) is 5.92 Å². The Balaban J connectivity index is 2.19. The summed E-state index contributed by atoms with van der Waals surface area (Å²) >= 11 is 1.53. The predicted octanol–water partition coefficient (Wildman–Crippen LogP) is 0.908. The second kappa shape index (κ2) is 2.29. The van der Waals surface area contributed by atoms with Gasteiger partial charge in [0.1, 0.15) is 10.0 Å². The lowest BCUT2D eigenvalue weighted by molar-refractivity contribution is 0.280. The molecule has 0 saturated heterocycles. The SMILES string of the molecule is OCc1nnc(C2CC2)s1. The van der Waals surface area contributed by atoms with Gasteiger partial charge < -0.3 is 5.11 Å². The summed E-state index contributed by atoms with van der Waals surface area (Å²) in [5.41, 5.74) is 0. The highest BCUT2D eigenvalue weighted by Crippen LogP contribution is 2.41. The molecule has 0 aromatic carbocycles. The van der Waals surface area contributed by atoms with Gasteiger partial charge in [-0.15, -0.1) is 10.2 Å². The predicted molar refractivity (Wildman–Crippen MR) is 37.8 cm³/mol. The van der Waals surface area contributed by atoms with Crippen LogP contribution in [-0.4, -0.2) is 15.3 Å². The molecule has 0 aliphatic heterocycles. The van der Waals surface area contributed by atoms with Crippen LogP contribution in [0.3, 0.4) is 0 Å². The number of aliphatic hydroxyl groups excluding tert-OH is 1. The van der Waals surface area contributed by atoms with E-state index >= 15 is 0 Å². The van der Waals surface area contributed by atoms with Crippen molar-refractivity contribution >= 4 is 11.3 Å². The van der Waals surface area contributed by atoms with Crippen molar-refractivity contribution in [3.63, 3.8) is 0 Å². The van der Waals surface area contributed by atoms with E-state index in [-0.39, 0.29) is 6.61 Å². The maximum absolute atomic E-state index is 8.66. The number of hydrogen-bond donors (Lipinski definition) is 1. The van der Waals surface area contributed by atoms with Gasteiger partial charge in [-0.1, -0.05) is 11.3 Å². The molecule has 10 heavy (non-hydrogen) atoms. The first kappa shape index (κ1) is 6.24. The first-order valence-corrected chi connectivity index (χ1v) is 4.15. The highest BCUT2D eigenvalue weighted by molar-refractivity contribution is 7.11. The van der Waals surface area contributed by atoms with Crippen molar-refractivity contribution < 1.29 is 5.11 Å². The van der Waals surface area contributed by atoms with Crippen molar-refractivity contribution in [2.75, 3.05) is 0 Å². The highest BCUT2D eigenvalue weighted by Gasteiger charge is 2.27. The zero-order chi connectivity index (χ0) is 6.97. The molecular weight excluding hydrogens is 148 g/mol. The van der Waals surface area contributed by atoms with Crippen molar-refractivity contribution in [1.82, 2.24) is 10.2 Å². The molecule has 1 aromatic rings. The van der Waals surface area contributed by atoms with Crippen LogP contribution in [0.1, 0.15) is 28.8 Å². The van der Waals surface area contributed by atoms with E-state index in [1.807, 2.05) is 0 Å². The molecule has 3 nitrogen and oxygen atoms in total. The lowest BCUT2D eigenvalue weighted by Gasteiger charge is -1.80. The van der Waals surface area contributed by atoms with Crippen LogP contribution >= 0.6 is 11.3 Å². The molecule has 2 rings (SSSR count).